The van der Waals surface area contributed by atoms with Gasteiger partial charge < -0.3 is 8.83 Å². The van der Waals surface area contributed by atoms with Crippen molar-refractivity contribution in [1.82, 2.24) is 15.0 Å². The normalized spacial score (nSPS) is 13.9. The molecule has 55 heavy (non-hydrogen) atoms. The van der Waals surface area contributed by atoms with Crippen molar-refractivity contribution in [3.8, 4) is 56.4 Å². The van der Waals surface area contributed by atoms with Gasteiger partial charge in [0.25, 0.3) is 0 Å². The summed E-state index contributed by atoms with van der Waals surface area (Å²) in [6.07, 6.45) is 5.31. The Hall–Kier alpha value is -7.11. The molecule has 0 amide bonds. The van der Waals surface area contributed by atoms with Crippen molar-refractivity contribution in [1.29, 1.82) is 0 Å². The SMILES string of the molecule is CC1CC=Cc2oc3c(-c4ccc5oc6ccccc6c5c4-c4nc(-c5ccc(-c6ccccc6)cc5)nc(-c5ccc6ccccc6c5)n4)cccc3c21. The number of aromatic nitrogens is 3. The second kappa shape index (κ2) is 12.5. The molecular formula is C50H33N3O2. The molecule has 0 bridgehead atoms. The molecule has 10 aromatic rings. The lowest BCUT2D eigenvalue weighted by Gasteiger charge is -2.14. The molecule has 3 heterocycles. The third-order valence-corrected chi connectivity index (χ3v) is 11.0. The van der Waals surface area contributed by atoms with Crippen LogP contribution in [0.15, 0.2) is 167 Å². The van der Waals surface area contributed by atoms with Gasteiger partial charge in [-0.05, 0) is 70.1 Å². The zero-order valence-electron chi connectivity index (χ0n) is 30.0. The summed E-state index contributed by atoms with van der Waals surface area (Å²) >= 11 is 0. The fourth-order valence-corrected chi connectivity index (χ4v) is 8.29. The van der Waals surface area contributed by atoms with Crippen LogP contribution in [-0.4, -0.2) is 15.0 Å². The van der Waals surface area contributed by atoms with Crippen LogP contribution in [0.2, 0.25) is 0 Å². The Balaban J connectivity index is 1.20. The number of furan rings is 2. The molecule has 3 aromatic heterocycles. The maximum absolute atomic E-state index is 6.73. The fraction of sp³-hybridized carbons (Fsp3) is 0.0600. The Kier molecular flexibility index (Phi) is 7.14. The van der Waals surface area contributed by atoms with E-state index in [9.17, 15) is 0 Å². The minimum Gasteiger partial charge on any atom is -0.456 e. The van der Waals surface area contributed by atoms with E-state index < -0.39 is 0 Å². The van der Waals surface area contributed by atoms with Crippen molar-refractivity contribution in [3.05, 3.63) is 169 Å². The van der Waals surface area contributed by atoms with Crippen LogP contribution in [0.3, 0.4) is 0 Å². The molecule has 1 unspecified atom stereocenters. The second-order valence-electron chi connectivity index (χ2n) is 14.4. The molecule has 0 N–H and O–H groups in total. The quantitative estimate of drug-likeness (QED) is 0.178. The summed E-state index contributed by atoms with van der Waals surface area (Å²) in [6.45, 7) is 2.27. The van der Waals surface area contributed by atoms with Crippen molar-refractivity contribution in [2.24, 2.45) is 0 Å². The van der Waals surface area contributed by atoms with Crippen LogP contribution in [0.4, 0.5) is 0 Å². The molecule has 0 saturated carbocycles. The fourth-order valence-electron chi connectivity index (χ4n) is 8.29. The monoisotopic (exact) mass is 707 g/mol. The molecule has 0 spiro atoms. The second-order valence-corrected chi connectivity index (χ2v) is 14.4. The third-order valence-electron chi connectivity index (χ3n) is 11.0. The highest BCUT2D eigenvalue weighted by atomic mass is 16.3. The van der Waals surface area contributed by atoms with Crippen LogP contribution in [0.25, 0.3) is 106 Å². The van der Waals surface area contributed by atoms with E-state index in [2.05, 4.69) is 153 Å². The Labute approximate surface area is 317 Å². The van der Waals surface area contributed by atoms with Gasteiger partial charge in [-0.3, -0.25) is 0 Å². The summed E-state index contributed by atoms with van der Waals surface area (Å²) in [5, 5.41) is 5.37. The highest BCUT2D eigenvalue weighted by Crippen LogP contribution is 2.47. The maximum Gasteiger partial charge on any atom is 0.165 e. The van der Waals surface area contributed by atoms with Crippen LogP contribution in [-0.2, 0) is 0 Å². The van der Waals surface area contributed by atoms with Crippen LogP contribution in [0.1, 0.15) is 30.6 Å². The van der Waals surface area contributed by atoms with Gasteiger partial charge in [-0.1, -0.05) is 140 Å². The average molecular weight is 708 g/mol. The molecule has 1 atom stereocenters. The number of allylic oxidation sites excluding steroid dienone is 1. The van der Waals surface area contributed by atoms with Gasteiger partial charge in [-0.25, -0.2) is 15.0 Å². The Bertz CT molecular complexity index is 3140. The topological polar surface area (TPSA) is 65.0 Å². The van der Waals surface area contributed by atoms with Crippen molar-refractivity contribution in [2.75, 3.05) is 0 Å². The molecule has 11 rings (SSSR count). The number of hydrogen-bond donors (Lipinski definition) is 0. The summed E-state index contributed by atoms with van der Waals surface area (Å²) in [7, 11) is 0. The minimum atomic E-state index is 0.361. The van der Waals surface area contributed by atoms with E-state index in [1.807, 2.05) is 18.2 Å². The predicted octanol–water partition coefficient (Wildman–Crippen LogP) is 13.5. The molecule has 260 valence electrons. The molecule has 0 radical (unpaired) electrons. The summed E-state index contributed by atoms with van der Waals surface area (Å²) < 4.78 is 13.2. The number of rotatable bonds is 5. The van der Waals surface area contributed by atoms with Gasteiger partial charge in [0.05, 0.1) is 0 Å². The summed E-state index contributed by atoms with van der Waals surface area (Å²) in [6, 6.07) is 52.5. The molecule has 7 aromatic carbocycles. The van der Waals surface area contributed by atoms with Gasteiger partial charge in [0.1, 0.15) is 22.5 Å². The number of para-hydroxylation sites is 2. The van der Waals surface area contributed by atoms with Gasteiger partial charge in [-0.15, -0.1) is 0 Å². The summed E-state index contributed by atoms with van der Waals surface area (Å²) in [5.74, 6) is 3.04. The smallest absolute Gasteiger partial charge is 0.165 e. The van der Waals surface area contributed by atoms with Gasteiger partial charge in [0.2, 0.25) is 0 Å². The average Bonchev–Trinajstić information content (AvgIpc) is 3.83. The van der Waals surface area contributed by atoms with E-state index in [-0.39, 0.29) is 0 Å². The molecule has 0 saturated heterocycles. The molecule has 5 heteroatoms. The molecule has 1 aliphatic carbocycles. The first-order valence-corrected chi connectivity index (χ1v) is 18.7. The molecule has 0 aliphatic heterocycles. The summed E-state index contributed by atoms with van der Waals surface area (Å²) in [4.78, 5) is 15.9. The van der Waals surface area contributed by atoms with Gasteiger partial charge in [0.15, 0.2) is 17.5 Å². The van der Waals surface area contributed by atoms with E-state index >= 15 is 0 Å². The molecule has 5 nitrogen and oxygen atoms in total. The van der Waals surface area contributed by atoms with Crippen LogP contribution in [0, 0.1) is 0 Å². The number of hydrogen-bond acceptors (Lipinski definition) is 5. The highest BCUT2D eigenvalue weighted by Gasteiger charge is 2.26. The number of nitrogens with zero attached hydrogens (tertiary/aromatic N) is 3. The Morgan fingerprint density at radius 1 is 0.509 bits per heavy atom. The lowest BCUT2D eigenvalue weighted by Crippen LogP contribution is -2.02. The molecule has 0 fully saturated rings. The van der Waals surface area contributed by atoms with Gasteiger partial charge in [-0.2, -0.15) is 0 Å². The predicted molar refractivity (Wildman–Crippen MR) is 224 cm³/mol. The first-order chi connectivity index (χ1) is 27.2. The van der Waals surface area contributed by atoms with E-state index in [4.69, 9.17) is 23.8 Å². The number of fused-ring (bicyclic) bond motifs is 7. The standard InChI is InChI=1S/C50H33N3O2/c1-30-11-9-20-42-44(30)40-18-10-17-38(47(40)55-42)37-27-28-43-45(39-16-7-8-19-41(39)54-43)46(37)50-52-48(34-24-21-33(22-25-34)31-12-3-2-4-13-31)51-49(53-50)36-26-23-32-14-5-6-15-35(32)29-36/h2-10,12-30H,11H2,1H3. The highest BCUT2D eigenvalue weighted by molar-refractivity contribution is 6.16. The van der Waals surface area contributed by atoms with Crippen molar-refractivity contribution in [2.45, 2.75) is 19.3 Å². The third kappa shape index (κ3) is 5.19. The zero-order chi connectivity index (χ0) is 36.5. The first kappa shape index (κ1) is 31.4. The van der Waals surface area contributed by atoms with E-state index in [1.54, 1.807) is 0 Å². The van der Waals surface area contributed by atoms with Gasteiger partial charge in [0, 0.05) is 44.0 Å². The largest absolute Gasteiger partial charge is 0.456 e. The number of benzene rings is 7. The lowest BCUT2D eigenvalue weighted by atomic mass is 9.89. The van der Waals surface area contributed by atoms with Crippen molar-refractivity contribution < 1.29 is 8.83 Å². The van der Waals surface area contributed by atoms with Crippen molar-refractivity contribution in [3.63, 3.8) is 0 Å². The van der Waals surface area contributed by atoms with E-state index in [1.165, 1.54) is 5.56 Å². The van der Waals surface area contributed by atoms with Crippen LogP contribution in [0.5, 0.6) is 0 Å². The van der Waals surface area contributed by atoms with E-state index in [0.29, 0.717) is 23.4 Å². The maximum atomic E-state index is 6.73. The Morgan fingerprint density at radius 3 is 2.07 bits per heavy atom. The van der Waals surface area contributed by atoms with Crippen molar-refractivity contribution >= 4 is 49.8 Å². The minimum absolute atomic E-state index is 0.361. The van der Waals surface area contributed by atoms with Gasteiger partial charge >= 0.3 is 0 Å². The summed E-state index contributed by atoms with van der Waals surface area (Å²) in [5.41, 5.74) is 10.6. The Morgan fingerprint density at radius 2 is 1.20 bits per heavy atom. The first-order valence-electron chi connectivity index (χ1n) is 18.7. The molecule has 1 aliphatic rings. The zero-order valence-corrected chi connectivity index (χ0v) is 30.0. The van der Waals surface area contributed by atoms with E-state index in [0.717, 1.165) is 94.8 Å². The lowest BCUT2D eigenvalue weighted by molar-refractivity contribution is 0.587. The van der Waals surface area contributed by atoms with Crippen LogP contribution >= 0.6 is 0 Å². The van der Waals surface area contributed by atoms with Crippen LogP contribution < -0.4 is 0 Å². The molecular weight excluding hydrogens is 675 g/mol.